The van der Waals surface area contributed by atoms with Gasteiger partial charge in [-0.3, -0.25) is 0 Å². The van der Waals surface area contributed by atoms with Gasteiger partial charge in [-0.1, -0.05) is 0 Å². The van der Waals surface area contributed by atoms with E-state index in [2.05, 4.69) is 35.5 Å². The monoisotopic (exact) mass is 187 g/mol. The van der Waals surface area contributed by atoms with Crippen molar-refractivity contribution < 1.29 is 0 Å². The quantitative estimate of drug-likeness (QED) is 0.742. The van der Waals surface area contributed by atoms with Crippen molar-refractivity contribution in [1.82, 2.24) is 9.55 Å². The van der Waals surface area contributed by atoms with Crippen LogP contribution in [0.3, 0.4) is 0 Å². The van der Waals surface area contributed by atoms with E-state index in [1.165, 1.54) is 11.4 Å². The lowest BCUT2D eigenvalue weighted by atomic mass is 10.3. The molecule has 2 aromatic heterocycles. The lowest BCUT2D eigenvalue weighted by Crippen LogP contribution is -2.00. The normalized spacial score (nSPS) is 10.4. The van der Waals surface area contributed by atoms with Gasteiger partial charge in [-0.05, 0) is 38.1 Å². The second-order valence-electron chi connectivity index (χ2n) is 3.39. The van der Waals surface area contributed by atoms with Gasteiger partial charge in [-0.2, -0.15) is 0 Å². The summed E-state index contributed by atoms with van der Waals surface area (Å²) in [6.07, 6.45) is 1.79. The van der Waals surface area contributed by atoms with Gasteiger partial charge in [0.25, 0.3) is 0 Å². The molecule has 0 saturated heterocycles. The van der Waals surface area contributed by atoms with Gasteiger partial charge >= 0.3 is 0 Å². The zero-order valence-corrected chi connectivity index (χ0v) is 8.36. The van der Waals surface area contributed by atoms with Gasteiger partial charge in [0.05, 0.1) is 11.9 Å². The van der Waals surface area contributed by atoms with Crippen molar-refractivity contribution in [3.63, 3.8) is 0 Å². The Morgan fingerprint density at radius 3 is 2.21 bits per heavy atom. The van der Waals surface area contributed by atoms with Crippen molar-refractivity contribution in [2.24, 2.45) is 0 Å². The molecule has 0 aliphatic heterocycles. The number of aryl methyl sites for hydroxylation is 2. The minimum absolute atomic E-state index is 0.552. The first-order valence-corrected chi connectivity index (χ1v) is 4.55. The highest BCUT2D eigenvalue weighted by molar-refractivity contribution is 5.40. The van der Waals surface area contributed by atoms with Crippen molar-refractivity contribution in [3.05, 3.63) is 41.9 Å². The summed E-state index contributed by atoms with van der Waals surface area (Å²) in [4.78, 5) is 4.07. The molecule has 0 bridgehead atoms. The molecular weight excluding hydrogens is 174 g/mol. The average molecular weight is 187 g/mol. The van der Waals surface area contributed by atoms with Gasteiger partial charge in [0.1, 0.15) is 5.82 Å². The Morgan fingerprint density at radius 1 is 1.07 bits per heavy atom. The van der Waals surface area contributed by atoms with Crippen LogP contribution in [0, 0.1) is 13.8 Å². The molecule has 2 rings (SSSR count). The van der Waals surface area contributed by atoms with Crippen molar-refractivity contribution >= 4 is 5.82 Å². The summed E-state index contributed by atoms with van der Waals surface area (Å²) in [6.45, 7) is 4.15. The predicted octanol–water partition coefficient (Wildman–Crippen LogP) is 2.07. The molecule has 0 radical (unpaired) electrons. The minimum Gasteiger partial charge on any atom is -0.384 e. The number of hydrogen-bond donors (Lipinski definition) is 1. The fourth-order valence-electron chi connectivity index (χ4n) is 1.61. The molecule has 3 heteroatoms. The third kappa shape index (κ3) is 1.37. The summed E-state index contributed by atoms with van der Waals surface area (Å²) < 4.78 is 2.15. The topological polar surface area (TPSA) is 43.8 Å². The fourth-order valence-corrected chi connectivity index (χ4v) is 1.61. The van der Waals surface area contributed by atoms with E-state index >= 15 is 0 Å². The van der Waals surface area contributed by atoms with Crippen LogP contribution in [0.1, 0.15) is 11.4 Å². The van der Waals surface area contributed by atoms with Crippen LogP contribution < -0.4 is 5.73 Å². The van der Waals surface area contributed by atoms with Crippen LogP contribution in [0.2, 0.25) is 0 Å². The lowest BCUT2D eigenvalue weighted by molar-refractivity contribution is 0.957. The number of pyridine rings is 1. The van der Waals surface area contributed by atoms with Gasteiger partial charge in [-0.15, -0.1) is 0 Å². The highest BCUT2D eigenvalue weighted by atomic mass is 15.0. The molecule has 0 aliphatic carbocycles. The zero-order chi connectivity index (χ0) is 10.1. The Labute approximate surface area is 83.2 Å². The molecule has 0 unspecified atom stereocenters. The first-order valence-electron chi connectivity index (χ1n) is 4.55. The van der Waals surface area contributed by atoms with Gasteiger partial charge in [-0.25, -0.2) is 4.98 Å². The Kier molecular flexibility index (Phi) is 2.00. The summed E-state index contributed by atoms with van der Waals surface area (Å²) in [6, 6.07) is 7.97. The lowest BCUT2D eigenvalue weighted by Gasteiger charge is -2.08. The molecule has 0 atom stereocenters. The molecule has 0 spiro atoms. The number of aromatic nitrogens is 2. The number of rotatable bonds is 1. The molecule has 14 heavy (non-hydrogen) atoms. The van der Waals surface area contributed by atoms with Crippen molar-refractivity contribution in [2.75, 3.05) is 5.73 Å². The first-order chi connectivity index (χ1) is 6.68. The largest absolute Gasteiger partial charge is 0.384 e. The number of anilines is 1. The molecule has 2 heterocycles. The molecule has 3 nitrogen and oxygen atoms in total. The molecule has 0 aromatic carbocycles. The smallest absolute Gasteiger partial charge is 0.123 e. The standard InChI is InChI=1S/C11H13N3/c1-8-3-4-9(2)14(8)10-5-6-11(12)13-7-10/h3-7H,1-2H3,(H2,12,13). The van der Waals surface area contributed by atoms with E-state index in [0.717, 1.165) is 5.69 Å². The van der Waals surface area contributed by atoms with Gasteiger partial charge in [0.15, 0.2) is 0 Å². The molecule has 0 fully saturated rings. The van der Waals surface area contributed by atoms with Crippen molar-refractivity contribution in [2.45, 2.75) is 13.8 Å². The van der Waals surface area contributed by atoms with Crippen molar-refractivity contribution in [1.29, 1.82) is 0 Å². The molecule has 0 amide bonds. The van der Waals surface area contributed by atoms with E-state index in [1.807, 2.05) is 12.1 Å². The van der Waals surface area contributed by atoms with E-state index in [1.54, 1.807) is 6.20 Å². The maximum atomic E-state index is 5.54. The summed E-state index contributed by atoms with van der Waals surface area (Å²) in [5.74, 6) is 0.552. The maximum absolute atomic E-state index is 5.54. The maximum Gasteiger partial charge on any atom is 0.123 e. The van der Waals surface area contributed by atoms with E-state index in [9.17, 15) is 0 Å². The molecule has 2 N–H and O–H groups in total. The summed E-state index contributed by atoms with van der Waals surface area (Å²) in [5, 5.41) is 0. The van der Waals surface area contributed by atoms with Crippen molar-refractivity contribution in [3.8, 4) is 5.69 Å². The van der Waals surface area contributed by atoms with Crippen LogP contribution in [0.4, 0.5) is 5.82 Å². The van der Waals surface area contributed by atoms with E-state index < -0.39 is 0 Å². The van der Waals surface area contributed by atoms with Crippen LogP contribution in [-0.4, -0.2) is 9.55 Å². The van der Waals surface area contributed by atoms with Crippen LogP contribution in [0.25, 0.3) is 5.69 Å². The van der Waals surface area contributed by atoms with Gasteiger partial charge in [0, 0.05) is 11.4 Å². The predicted molar refractivity (Wildman–Crippen MR) is 57.5 cm³/mol. The Balaban J connectivity index is 2.54. The van der Waals surface area contributed by atoms with Crippen LogP contribution >= 0.6 is 0 Å². The summed E-state index contributed by atoms with van der Waals surface area (Å²) in [7, 11) is 0. The van der Waals surface area contributed by atoms with Crippen LogP contribution in [-0.2, 0) is 0 Å². The zero-order valence-electron chi connectivity index (χ0n) is 8.36. The number of nitrogens with two attached hydrogens (primary N) is 1. The van der Waals surface area contributed by atoms with E-state index in [4.69, 9.17) is 5.73 Å². The van der Waals surface area contributed by atoms with Crippen LogP contribution in [0.5, 0.6) is 0 Å². The Hall–Kier alpha value is -1.77. The first kappa shape index (κ1) is 8.81. The number of hydrogen-bond acceptors (Lipinski definition) is 2. The minimum atomic E-state index is 0.552. The molecule has 0 aliphatic rings. The second-order valence-corrected chi connectivity index (χ2v) is 3.39. The summed E-state index contributed by atoms with van der Waals surface area (Å²) in [5.41, 5.74) is 9.00. The number of nitrogens with zero attached hydrogens (tertiary/aromatic N) is 2. The number of nitrogen functional groups attached to an aromatic ring is 1. The second kappa shape index (κ2) is 3.18. The van der Waals surface area contributed by atoms with Gasteiger partial charge in [0.2, 0.25) is 0 Å². The summed E-state index contributed by atoms with van der Waals surface area (Å²) >= 11 is 0. The van der Waals surface area contributed by atoms with Gasteiger partial charge < -0.3 is 10.3 Å². The molecule has 2 aromatic rings. The molecule has 72 valence electrons. The highest BCUT2D eigenvalue weighted by Gasteiger charge is 2.03. The SMILES string of the molecule is Cc1ccc(C)n1-c1ccc(N)nc1. The third-order valence-electron chi connectivity index (χ3n) is 2.30. The molecular formula is C11H13N3. The average Bonchev–Trinajstić information content (AvgIpc) is 2.49. The Morgan fingerprint density at radius 2 is 1.71 bits per heavy atom. The van der Waals surface area contributed by atoms with E-state index in [0.29, 0.717) is 5.82 Å². The fraction of sp³-hybridized carbons (Fsp3) is 0.182. The Bertz CT molecular complexity index is 421. The molecule has 0 saturated carbocycles. The highest BCUT2D eigenvalue weighted by Crippen LogP contribution is 2.15. The van der Waals surface area contributed by atoms with Crippen LogP contribution in [0.15, 0.2) is 30.5 Å². The van der Waals surface area contributed by atoms with E-state index in [-0.39, 0.29) is 0 Å². The third-order valence-corrected chi connectivity index (χ3v) is 2.30.